The van der Waals surface area contributed by atoms with E-state index < -0.39 is 11.3 Å². The quantitative estimate of drug-likeness (QED) is 0.521. The average Bonchev–Trinajstić information content (AvgIpc) is 2.71. The molecule has 2 aliphatic heterocycles. The van der Waals surface area contributed by atoms with Crippen molar-refractivity contribution in [1.29, 1.82) is 0 Å². The Morgan fingerprint density at radius 2 is 1.19 bits per heavy atom. The first-order chi connectivity index (χ1) is 12.2. The van der Waals surface area contributed by atoms with Gasteiger partial charge in [-0.05, 0) is 53.4 Å². The maximum atomic E-state index is 13.2. The van der Waals surface area contributed by atoms with Crippen LogP contribution in [0.15, 0.2) is 0 Å². The molecule has 0 aromatic carbocycles. The van der Waals surface area contributed by atoms with Crippen molar-refractivity contribution in [1.82, 2.24) is 5.32 Å². The van der Waals surface area contributed by atoms with Gasteiger partial charge in [-0.2, -0.15) is 0 Å². The molecule has 27 heavy (non-hydrogen) atoms. The molecule has 0 aromatic rings. The summed E-state index contributed by atoms with van der Waals surface area (Å²) in [6.07, 6.45) is 14.7. The van der Waals surface area contributed by atoms with Crippen molar-refractivity contribution < 1.29 is 42.2 Å². The maximum Gasteiger partial charge on any atom is 0.111 e. The summed E-state index contributed by atoms with van der Waals surface area (Å²) < 4.78 is 6.75. The van der Waals surface area contributed by atoms with Gasteiger partial charge in [-0.25, -0.2) is 0 Å². The van der Waals surface area contributed by atoms with Crippen LogP contribution in [-0.4, -0.2) is 28.3 Å². The van der Waals surface area contributed by atoms with Crippen LogP contribution in [0.25, 0.3) is 5.32 Å². The van der Waals surface area contributed by atoms with Gasteiger partial charge in [0.2, 0.25) is 0 Å². The van der Waals surface area contributed by atoms with Crippen molar-refractivity contribution in [2.75, 3.05) is 0 Å². The number of hydrogen-bond acceptors (Lipinski definition) is 3. The van der Waals surface area contributed by atoms with Gasteiger partial charge in [0, 0.05) is 49.5 Å². The molecule has 153 valence electrons. The number of nitrogens with one attached hydrogen (secondary N) is 1. The Hall–Kier alpha value is 0.494. The molecule has 0 bridgehead atoms. The fourth-order valence-corrected chi connectivity index (χ4v) is 5.81. The van der Waals surface area contributed by atoms with Crippen molar-refractivity contribution in [3.63, 3.8) is 0 Å². The first kappa shape index (κ1) is 23.8. The fraction of sp³-hybridized carbons (Fsp3) is 0.955. The van der Waals surface area contributed by atoms with Crippen molar-refractivity contribution in [2.45, 2.75) is 134 Å². The van der Waals surface area contributed by atoms with E-state index in [4.69, 9.17) is 10.1 Å². The molecule has 1 aliphatic carbocycles. The second-order valence-corrected chi connectivity index (χ2v) is 10.4. The summed E-state index contributed by atoms with van der Waals surface area (Å²) in [4.78, 5) is 13.2. The van der Waals surface area contributed by atoms with Crippen LogP contribution >= 0.6 is 0 Å². The van der Waals surface area contributed by atoms with Crippen LogP contribution in [0, 0.1) is 0 Å². The maximum absolute atomic E-state index is 13.2. The van der Waals surface area contributed by atoms with Gasteiger partial charge >= 0.3 is 0 Å². The smallest absolute Gasteiger partial charge is 0.111 e. The standard InChI is InChI=1S/C22H40N2O2.Y/c1-19(2)16-21(17-20(3,4)24-19)18(25)23-22(26-21)14-12-10-8-6-5-7-9-11-13-15-22;/h24H,5-17H2,1-4H3,(H,23,25);/p-1. The number of hydrogen-bond donors (Lipinski definition) is 1. The molecule has 1 N–H and O–H groups in total. The third-order valence-electron chi connectivity index (χ3n) is 6.35. The molecule has 0 aromatic heterocycles. The minimum absolute atomic E-state index is 0. The number of piperidine rings is 1. The largest absolute Gasteiger partial charge is 0.624 e. The molecular weight excluding hydrogens is 413 g/mol. The van der Waals surface area contributed by atoms with Gasteiger partial charge in [0.15, 0.2) is 0 Å². The van der Waals surface area contributed by atoms with Crippen molar-refractivity contribution in [3.8, 4) is 0 Å². The van der Waals surface area contributed by atoms with Crippen LogP contribution in [0.3, 0.4) is 0 Å². The minimum Gasteiger partial charge on any atom is -0.624 e. The van der Waals surface area contributed by atoms with Gasteiger partial charge in [-0.15, -0.1) is 0 Å². The predicted octanol–water partition coefficient (Wildman–Crippen LogP) is 5.59. The summed E-state index contributed by atoms with van der Waals surface area (Å²) in [5, 5.41) is 8.40. The SMILES string of the molecule is CC1(C)CC2(CC(C)(C)N1)OC1(CCCCCCCCCCC1)[N-]C2=O.[Y]. The topological polar surface area (TPSA) is 52.4 Å². The zero-order chi connectivity index (χ0) is 18.9. The summed E-state index contributed by atoms with van der Waals surface area (Å²) in [5.74, 6) is 0.00671. The molecule has 1 radical (unpaired) electrons. The Bertz CT molecular complexity index is 490. The Labute approximate surface area is 191 Å². The van der Waals surface area contributed by atoms with E-state index >= 15 is 0 Å². The minimum atomic E-state index is -0.727. The van der Waals surface area contributed by atoms with Crippen molar-refractivity contribution in [3.05, 3.63) is 5.32 Å². The summed E-state index contributed by atoms with van der Waals surface area (Å²) in [7, 11) is 0. The molecule has 1 amide bonds. The number of ether oxygens (including phenoxy) is 1. The third kappa shape index (κ3) is 5.99. The summed E-state index contributed by atoms with van der Waals surface area (Å²) in [5.41, 5.74) is -1.53. The number of amides is 1. The Morgan fingerprint density at radius 1 is 0.778 bits per heavy atom. The Balaban J connectivity index is 0.00000261. The van der Waals surface area contributed by atoms with E-state index in [1.165, 1.54) is 44.9 Å². The Morgan fingerprint density at radius 3 is 1.63 bits per heavy atom. The average molecular weight is 452 g/mol. The van der Waals surface area contributed by atoms with E-state index in [0.717, 1.165) is 25.7 Å². The van der Waals surface area contributed by atoms with Gasteiger partial charge in [0.05, 0.1) is 5.91 Å². The van der Waals surface area contributed by atoms with E-state index in [1.807, 2.05) is 0 Å². The van der Waals surface area contributed by atoms with Crippen LogP contribution in [0.1, 0.15) is 111 Å². The molecule has 5 heteroatoms. The van der Waals surface area contributed by atoms with Gasteiger partial charge in [0.25, 0.3) is 0 Å². The summed E-state index contributed by atoms with van der Waals surface area (Å²) in [6.45, 7) is 8.72. The molecule has 2 saturated heterocycles. The zero-order valence-electron chi connectivity index (χ0n) is 18.0. The van der Waals surface area contributed by atoms with Crippen LogP contribution in [0.2, 0.25) is 0 Å². The van der Waals surface area contributed by atoms with E-state index in [1.54, 1.807) is 0 Å². The van der Waals surface area contributed by atoms with Crippen LogP contribution in [0.4, 0.5) is 0 Å². The van der Waals surface area contributed by atoms with Gasteiger partial charge in [0.1, 0.15) is 5.60 Å². The van der Waals surface area contributed by atoms with Crippen LogP contribution in [-0.2, 0) is 42.2 Å². The third-order valence-corrected chi connectivity index (χ3v) is 6.35. The van der Waals surface area contributed by atoms with Crippen molar-refractivity contribution in [2.24, 2.45) is 0 Å². The van der Waals surface area contributed by atoms with Crippen LogP contribution < -0.4 is 5.32 Å². The molecular formula is C22H39N2O2Y-. The zero-order valence-corrected chi connectivity index (χ0v) is 20.9. The van der Waals surface area contributed by atoms with E-state index in [9.17, 15) is 4.79 Å². The molecule has 0 unspecified atom stereocenters. The number of nitrogens with zero attached hydrogens (tertiary/aromatic N) is 1. The molecule has 3 rings (SSSR count). The van der Waals surface area contributed by atoms with E-state index in [0.29, 0.717) is 12.8 Å². The summed E-state index contributed by atoms with van der Waals surface area (Å²) >= 11 is 0. The molecule has 2 spiro atoms. The molecule has 3 aliphatic rings. The second kappa shape index (κ2) is 9.10. The summed E-state index contributed by atoms with van der Waals surface area (Å²) in [6, 6.07) is 0. The monoisotopic (exact) mass is 452 g/mol. The number of rotatable bonds is 0. The molecule has 1 saturated carbocycles. The normalized spacial score (nSPS) is 30.0. The first-order valence-corrected chi connectivity index (χ1v) is 10.9. The van der Waals surface area contributed by atoms with Crippen molar-refractivity contribution >= 4 is 5.91 Å². The second-order valence-electron chi connectivity index (χ2n) is 10.4. The molecule has 0 atom stereocenters. The van der Waals surface area contributed by atoms with Gasteiger partial charge in [-0.1, -0.05) is 57.8 Å². The van der Waals surface area contributed by atoms with Gasteiger partial charge < -0.3 is 20.2 Å². The van der Waals surface area contributed by atoms with Crippen LogP contribution in [0.5, 0.6) is 0 Å². The molecule has 2 heterocycles. The van der Waals surface area contributed by atoms with Gasteiger partial charge in [-0.3, -0.25) is 0 Å². The van der Waals surface area contributed by atoms with E-state index in [-0.39, 0.29) is 49.7 Å². The Kier molecular flexibility index (Phi) is 8.01. The number of carbonyl (C=O) groups excluding carboxylic acids is 1. The molecule has 3 fully saturated rings. The number of carbonyl (C=O) groups is 1. The predicted molar refractivity (Wildman–Crippen MR) is 106 cm³/mol. The first-order valence-electron chi connectivity index (χ1n) is 10.9. The molecule has 4 nitrogen and oxygen atoms in total. The fourth-order valence-electron chi connectivity index (χ4n) is 5.81. The van der Waals surface area contributed by atoms with E-state index in [2.05, 4.69) is 33.0 Å².